The number of morpholine rings is 1. The van der Waals surface area contributed by atoms with Gasteiger partial charge in [0.1, 0.15) is 0 Å². The van der Waals surface area contributed by atoms with Crippen LogP contribution in [-0.2, 0) is 4.74 Å². The van der Waals surface area contributed by atoms with Crippen molar-refractivity contribution in [3.05, 3.63) is 0 Å². The standard InChI is InChI=1S/C15H30N2O/c1-11-4-6-14(7-5-11)15(8-16)17-9-13(3)18-10-12(17)2/h11-15H,4-10,16H2,1-3H3. The molecule has 0 bridgehead atoms. The van der Waals surface area contributed by atoms with E-state index in [1.807, 2.05) is 0 Å². The zero-order valence-electron chi connectivity index (χ0n) is 12.3. The van der Waals surface area contributed by atoms with Crippen LogP contribution in [0.5, 0.6) is 0 Å². The van der Waals surface area contributed by atoms with Crippen molar-refractivity contribution < 1.29 is 4.74 Å². The van der Waals surface area contributed by atoms with E-state index in [1.54, 1.807) is 0 Å². The summed E-state index contributed by atoms with van der Waals surface area (Å²) in [7, 11) is 0. The van der Waals surface area contributed by atoms with E-state index >= 15 is 0 Å². The van der Waals surface area contributed by atoms with Crippen LogP contribution in [0.25, 0.3) is 0 Å². The summed E-state index contributed by atoms with van der Waals surface area (Å²) in [5.41, 5.74) is 6.09. The second kappa shape index (κ2) is 6.36. The van der Waals surface area contributed by atoms with Crippen LogP contribution in [0, 0.1) is 11.8 Å². The Labute approximate surface area is 112 Å². The quantitative estimate of drug-likeness (QED) is 0.839. The molecular weight excluding hydrogens is 224 g/mol. The van der Waals surface area contributed by atoms with Crippen LogP contribution in [-0.4, -0.2) is 42.8 Å². The Bertz CT molecular complexity index is 251. The third-order valence-electron chi connectivity index (χ3n) is 4.93. The minimum Gasteiger partial charge on any atom is -0.376 e. The lowest BCUT2D eigenvalue weighted by Gasteiger charge is -2.45. The molecule has 0 aromatic heterocycles. The minimum absolute atomic E-state index is 0.359. The number of rotatable bonds is 3. The van der Waals surface area contributed by atoms with Crippen LogP contribution in [0.3, 0.4) is 0 Å². The highest BCUT2D eigenvalue weighted by Crippen LogP contribution is 2.33. The Kier molecular flexibility index (Phi) is 5.05. The van der Waals surface area contributed by atoms with E-state index in [0.29, 0.717) is 18.2 Å². The van der Waals surface area contributed by atoms with Gasteiger partial charge in [-0.25, -0.2) is 0 Å². The monoisotopic (exact) mass is 254 g/mol. The van der Waals surface area contributed by atoms with Gasteiger partial charge < -0.3 is 10.5 Å². The van der Waals surface area contributed by atoms with Gasteiger partial charge in [0, 0.05) is 25.2 Å². The number of hydrogen-bond donors (Lipinski definition) is 1. The van der Waals surface area contributed by atoms with Gasteiger partial charge in [0.2, 0.25) is 0 Å². The molecule has 2 N–H and O–H groups in total. The second-order valence-electron chi connectivity index (χ2n) is 6.51. The molecule has 0 radical (unpaired) electrons. The molecule has 1 saturated carbocycles. The molecule has 2 fully saturated rings. The first-order valence-corrected chi connectivity index (χ1v) is 7.69. The maximum atomic E-state index is 6.09. The third-order valence-corrected chi connectivity index (χ3v) is 4.93. The van der Waals surface area contributed by atoms with E-state index in [1.165, 1.54) is 25.7 Å². The molecule has 3 nitrogen and oxygen atoms in total. The average Bonchev–Trinajstić information content (AvgIpc) is 2.37. The molecule has 0 aromatic rings. The van der Waals surface area contributed by atoms with Crippen LogP contribution in [0.4, 0.5) is 0 Å². The summed E-state index contributed by atoms with van der Waals surface area (Å²) >= 11 is 0. The highest BCUT2D eigenvalue weighted by atomic mass is 16.5. The van der Waals surface area contributed by atoms with Gasteiger partial charge in [0.15, 0.2) is 0 Å². The number of nitrogens with zero attached hydrogens (tertiary/aromatic N) is 1. The van der Waals surface area contributed by atoms with E-state index in [4.69, 9.17) is 10.5 Å². The molecular formula is C15H30N2O. The van der Waals surface area contributed by atoms with Gasteiger partial charge in [-0.15, -0.1) is 0 Å². The Hall–Kier alpha value is -0.120. The Morgan fingerprint density at radius 1 is 1.17 bits per heavy atom. The predicted molar refractivity (Wildman–Crippen MR) is 75.5 cm³/mol. The van der Waals surface area contributed by atoms with Gasteiger partial charge in [0.25, 0.3) is 0 Å². The third kappa shape index (κ3) is 3.25. The first-order valence-electron chi connectivity index (χ1n) is 7.69. The van der Waals surface area contributed by atoms with Gasteiger partial charge in [-0.05, 0) is 38.5 Å². The number of hydrogen-bond acceptors (Lipinski definition) is 3. The van der Waals surface area contributed by atoms with E-state index in [2.05, 4.69) is 25.7 Å². The van der Waals surface area contributed by atoms with Crippen molar-refractivity contribution in [3.63, 3.8) is 0 Å². The van der Waals surface area contributed by atoms with Crippen molar-refractivity contribution in [3.8, 4) is 0 Å². The molecule has 106 valence electrons. The maximum Gasteiger partial charge on any atom is 0.0674 e. The molecule has 0 amide bonds. The van der Waals surface area contributed by atoms with Gasteiger partial charge >= 0.3 is 0 Å². The molecule has 0 aromatic carbocycles. The van der Waals surface area contributed by atoms with Crippen LogP contribution >= 0.6 is 0 Å². The van der Waals surface area contributed by atoms with Crippen LogP contribution in [0.1, 0.15) is 46.5 Å². The molecule has 2 rings (SSSR count). The summed E-state index contributed by atoms with van der Waals surface area (Å²) in [6.45, 7) is 9.55. The summed E-state index contributed by atoms with van der Waals surface area (Å²) in [6.07, 6.45) is 5.85. The Morgan fingerprint density at radius 2 is 1.83 bits per heavy atom. The molecule has 3 atom stereocenters. The summed E-state index contributed by atoms with van der Waals surface area (Å²) in [5, 5.41) is 0. The fourth-order valence-electron chi connectivity index (χ4n) is 3.66. The lowest BCUT2D eigenvalue weighted by molar-refractivity contribution is -0.0766. The predicted octanol–water partition coefficient (Wildman–Crippen LogP) is 2.25. The zero-order valence-corrected chi connectivity index (χ0v) is 12.3. The van der Waals surface area contributed by atoms with Crippen molar-refractivity contribution in [2.75, 3.05) is 19.7 Å². The summed E-state index contributed by atoms with van der Waals surface area (Å²) in [6, 6.07) is 1.09. The van der Waals surface area contributed by atoms with Gasteiger partial charge in [0.05, 0.1) is 12.7 Å². The van der Waals surface area contributed by atoms with Crippen LogP contribution in [0.2, 0.25) is 0 Å². The fourth-order valence-corrected chi connectivity index (χ4v) is 3.66. The number of ether oxygens (including phenoxy) is 1. The molecule has 3 heteroatoms. The van der Waals surface area contributed by atoms with E-state index in [-0.39, 0.29) is 0 Å². The van der Waals surface area contributed by atoms with Gasteiger partial charge in [-0.2, -0.15) is 0 Å². The molecule has 0 spiro atoms. The minimum atomic E-state index is 0.359. The van der Waals surface area contributed by atoms with E-state index in [0.717, 1.165) is 31.5 Å². The maximum absolute atomic E-state index is 6.09. The summed E-state index contributed by atoms with van der Waals surface area (Å²) in [4.78, 5) is 2.62. The Balaban J connectivity index is 1.98. The van der Waals surface area contributed by atoms with Gasteiger partial charge in [-0.1, -0.05) is 19.8 Å². The first kappa shape index (κ1) is 14.3. The smallest absolute Gasteiger partial charge is 0.0674 e. The average molecular weight is 254 g/mol. The highest BCUT2D eigenvalue weighted by molar-refractivity contribution is 4.88. The fraction of sp³-hybridized carbons (Fsp3) is 1.00. The van der Waals surface area contributed by atoms with Crippen molar-refractivity contribution in [1.82, 2.24) is 4.90 Å². The van der Waals surface area contributed by atoms with Crippen LogP contribution in [0.15, 0.2) is 0 Å². The van der Waals surface area contributed by atoms with Crippen LogP contribution < -0.4 is 5.73 Å². The topological polar surface area (TPSA) is 38.5 Å². The van der Waals surface area contributed by atoms with Crippen molar-refractivity contribution in [1.29, 1.82) is 0 Å². The molecule has 2 aliphatic rings. The summed E-state index contributed by atoms with van der Waals surface area (Å²) < 4.78 is 5.74. The second-order valence-corrected chi connectivity index (χ2v) is 6.51. The molecule has 18 heavy (non-hydrogen) atoms. The van der Waals surface area contributed by atoms with Crippen molar-refractivity contribution in [2.45, 2.75) is 64.6 Å². The summed E-state index contributed by atoms with van der Waals surface area (Å²) in [5.74, 6) is 1.72. The number of nitrogens with two attached hydrogens (primary N) is 1. The lowest BCUT2D eigenvalue weighted by Crippen LogP contribution is -2.57. The lowest BCUT2D eigenvalue weighted by atomic mass is 9.78. The van der Waals surface area contributed by atoms with E-state index < -0.39 is 0 Å². The Morgan fingerprint density at radius 3 is 2.44 bits per heavy atom. The largest absolute Gasteiger partial charge is 0.376 e. The molecule has 1 saturated heterocycles. The molecule has 1 aliphatic heterocycles. The van der Waals surface area contributed by atoms with E-state index in [9.17, 15) is 0 Å². The molecule has 3 unspecified atom stereocenters. The van der Waals surface area contributed by atoms with Gasteiger partial charge in [-0.3, -0.25) is 4.90 Å². The van der Waals surface area contributed by atoms with Crippen molar-refractivity contribution in [2.24, 2.45) is 17.6 Å². The highest BCUT2D eigenvalue weighted by Gasteiger charge is 2.34. The molecule has 1 heterocycles. The normalized spacial score (nSPS) is 40.7. The SMILES string of the molecule is CC1CCC(C(CN)N2CC(C)OCC2C)CC1. The first-order chi connectivity index (χ1) is 8.61. The zero-order chi connectivity index (χ0) is 13.1. The molecule has 1 aliphatic carbocycles. The van der Waals surface area contributed by atoms with Crippen molar-refractivity contribution >= 4 is 0 Å².